The van der Waals surface area contributed by atoms with Gasteiger partial charge in [-0.3, -0.25) is 14.5 Å². The van der Waals surface area contributed by atoms with E-state index < -0.39 is 35.5 Å². The van der Waals surface area contributed by atoms with Gasteiger partial charge in [0.05, 0.1) is 11.8 Å². The highest BCUT2D eigenvalue weighted by Gasteiger charge is 2.52. The van der Waals surface area contributed by atoms with Crippen molar-refractivity contribution in [2.75, 3.05) is 0 Å². The van der Waals surface area contributed by atoms with E-state index in [2.05, 4.69) is 10.4 Å². The lowest BCUT2D eigenvalue weighted by atomic mass is 9.97. The van der Waals surface area contributed by atoms with Gasteiger partial charge in [0.25, 0.3) is 0 Å². The Hall–Kier alpha value is -3.74. The number of fused-ring (bicyclic) bond motifs is 2. The lowest BCUT2D eigenvalue weighted by Gasteiger charge is -2.35. The predicted molar refractivity (Wildman–Crippen MR) is 133 cm³/mol. The number of aromatic nitrogens is 2. The first-order valence-corrected chi connectivity index (χ1v) is 12.5. The third kappa shape index (κ3) is 5.50. The molecule has 10 heteroatoms. The van der Waals surface area contributed by atoms with Crippen LogP contribution >= 0.6 is 0 Å². The molecule has 4 rings (SSSR count). The average Bonchev–Trinajstić information content (AvgIpc) is 3.53. The van der Waals surface area contributed by atoms with Crippen molar-refractivity contribution in [2.24, 2.45) is 5.92 Å². The standard InChI is InChI=1S/C27H32FN5O4/c1-15-10-23(31-33(15)16(2)34)18-7-6-17(22(28)13-18)11-20(14-29)30-25(35)24-19-8-9-21(12-19)32(24)26(36)37-27(3,4)5/h6-7,10,13,19-21,24H,8-9,11-12H2,1-5H3,(H,30,35)/t19-,20?,21+,24-/m0/s1. The van der Waals surface area contributed by atoms with E-state index >= 15 is 0 Å². The summed E-state index contributed by atoms with van der Waals surface area (Å²) in [5, 5.41) is 16.6. The molecule has 1 N–H and O–H groups in total. The molecule has 1 saturated carbocycles. The van der Waals surface area contributed by atoms with Crippen molar-refractivity contribution in [3.63, 3.8) is 0 Å². The Bertz CT molecular complexity index is 1270. The number of nitrogens with zero attached hydrogens (tertiary/aromatic N) is 4. The van der Waals surface area contributed by atoms with Crippen LogP contribution in [0, 0.1) is 30.0 Å². The molecule has 2 heterocycles. The zero-order valence-electron chi connectivity index (χ0n) is 21.7. The minimum absolute atomic E-state index is 0.00569. The van der Waals surface area contributed by atoms with Gasteiger partial charge < -0.3 is 10.1 Å². The maximum atomic E-state index is 15.0. The number of benzene rings is 1. The molecular formula is C27H32FN5O4. The maximum absolute atomic E-state index is 15.0. The molecule has 2 bridgehead atoms. The number of halogens is 1. The summed E-state index contributed by atoms with van der Waals surface area (Å²) in [4.78, 5) is 39.3. The largest absolute Gasteiger partial charge is 0.444 e. The van der Waals surface area contributed by atoms with Crippen molar-refractivity contribution >= 4 is 17.9 Å². The van der Waals surface area contributed by atoms with Crippen molar-refractivity contribution in [1.82, 2.24) is 20.0 Å². The van der Waals surface area contributed by atoms with Gasteiger partial charge in [0.2, 0.25) is 11.8 Å². The molecule has 1 aliphatic heterocycles. The lowest BCUT2D eigenvalue weighted by Crippen LogP contribution is -2.55. The van der Waals surface area contributed by atoms with Crippen LogP contribution in [0.4, 0.5) is 9.18 Å². The van der Waals surface area contributed by atoms with Crippen LogP contribution in [0.5, 0.6) is 0 Å². The van der Waals surface area contributed by atoms with E-state index in [9.17, 15) is 24.0 Å². The highest BCUT2D eigenvalue weighted by Crippen LogP contribution is 2.43. The summed E-state index contributed by atoms with van der Waals surface area (Å²) >= 11 is 0. The summed E-state index contributed by atoms with van der Waals surface area (Å²) < 4.78 is 21.8. The van der Waals surface area contributed by atoms with Crippen LogP contribution in [-0.4, -0.2) is 56.3 Å². The lowest BCUT2D eigenvalue weighted by molar-refractivity contribution is -0.128. The topological polar surface area (TPSA) is 117 Å². The number of ether oxygens (including phenoxy) is 1. The Labute approximate surface area is 215 Å². The first kappa shape index (κ1) is 26.3. The summed E-state index contributed by atoms with van der Waals surface area (Å²) in [6.45, 7) is 8.46. The third-order valence-electron chi connectivity index (χ3n) is 6.89. The molecule has 0 spiro atoms. The van der Waals surface area contributed by atoms with Gasteiger partial charge in [-0.2, -0.15) is 10.4 Å². The smallest absolute Gasteiger partial charge is 0.411 e. The number of hydrogen-bond acceptors (Lipinski definition) is 6. The van der Waals surface area contributed by atoms with E-state index in [4.69, 9.17) is 4.74 Å². The van der Waals surface area contributed by atoms with Crippen LogP contribution < -0.4 is 5.32 Å². The minimum Gasteiger partial charge on any atom is -0.444 e. The second-order valence-electron chi connectivity index (χ2n) is 10.9. The molecule has 2 aliphatic rings. The quantitative estimate of drug-likeness (QED) is 0.651. The molecule has 0 radical (unpaired) electrons. The van der Waals surface area contributed by atoms with Crippen molar-refractivity contribution in [2.45, 2.75) is 84.0 Å². The Balaban J connectivity index is 1.46. The number of amides is 2. The van der Waals surface area contributed by atoms with E-state index in [0.717, 1.165) is 19.3 Å². The number of piperidine rings is 1. The first-order valence-electron chi connectivity index (χ1n) is 12.5. The number of hydrogen-bond donors (Lipinski definition) is 1. The third-order valence-corrected chi connectivity index (χ3v) is 6.89. The Morgan fingerprint density at radius 2 is 2.00 bits per heavy atom. The van der Waals surface area contributed by atoms with Crippen molar-refractivity contribution in [1.29, 1.82) is 5.26 Å². The van der Waals surface area contributed by atoms with Gasteiger partial charge in [-0.15, -0.1) is 0 Å². The molecule has 1 aromatic heterocycles. The molecule has 1 saturated heterocycles. The Kier molecular flexibility index (Phi) is 7.09. The van der Waals surface area contributed by atoms with E-state index in [0.29, 0.717) is 17.0 Å². The number of carbonyl (C=O) groups is 3. The van der Waals surface area contributed by atoms with Gasteiger partial charge in [0.15, 0.2) is 0 Å². The first-order chi connectivity index (χ1) is 17.4. The van der Waals surface area contributed by atoms with Gasteiger partial charge >= 0.3 is 6.09 Å². The maximum Gasteiger partial charge on any atom is 0.411 e. The normalized spacial score (nSPS) is 21.4. The number of likely N-dealkylation sites (tertiary alicyclic amines) is 1. The van der Waals surface area contributed by atoms with Crippen LogP contribution in [0.2, 0.25) is 0 Å². The van der Waals surface area contributed by atoms with Gasteiger partial charge in [0.1, 0.15) is 23.5 Å². The monoisotopic (exact) mass is 509 g/mol. The highest BCUT2D eigenvalue weighted by molar-refractivity contribution is 5.87. The molecule has 1 aromatic carbocycles. The fourth-order valence-corrected chi connectivity index (χ4v) is 5.32. The van der Waals surface area contributed by atoms with Crippen LogP contribution in [0.25, 0.3) is 11.3 Å². The molecule has 9 nitrogen and oxygen atoms in total. The summed E-state index contributed by atoms with van der Waals surface area (Å²) in [6, 6.07) is 6.51. The van der Waals surface area contributed by atoms with Gasteiger partial charge in [-0.1, -0.05) is 12.1 Å². The predicted octanol–water partition coefficient (Wildman–Crippen LogP) is 4.00. The molecule has 1 unspecified atom stereocenters. The van der Waals surface area contributed by atoms with Crippen LogP contribution in [0.1, 0.15) is 63.0 Å². The Morgan fingerprint density at radius 1 is 1.27 bits per heavy atom. The fraction of sp³-hybridized carbons (Fsp3) is 0.519. The van der Waals surface area contributed by atoms with Gasteiger partial charge in [0, 0.05) is 30.6 Å². The van der Waals surface area contributed by atoms with Gasteiger partial charge in [-0.05, 0) is 70.6 Å². The van der Waals surface area contributed by atoms with Gasteiger partial charge in [-0.25, -0.2) is 13.9 Å². The second-order valence-corrected chi connectivity index (χ2v) is 10.9. The molecular weight excluding hydrogens is 477 g/mol. The summed E-state index contributed by atoms with van der Waals surface area (Å²) in [6.07, 6.45) is 1.80. The number of nitrogens with one attached hydrogen (secondary N) is 1. The SMILES string of the molecule is CC(=O)n1nc(-c2ccc(CC(C#N)NC(=O)[C@@H]3[C@H]4CC[C@H](C4)N3C(=O)OC(C)(C)C)c(F)c2)cc1C. The second kappa shape index (κ2) is 9.96. The molecule has 2 fully saturated rings. The van der Waals surface area contributed by atoms with E-state index in [1.54, 1.807) is 45.9 Å². The number of nitriles is 1. The number of aryl methyl sites for hydroxylation is 1. The van der Waals surface area contributed by atoms with Crippen LogP contribution in [0.15, 0.2) is 24.3 Å². The highest BCUT2D eigenvalue weighted by atomic mass is 19.1. The molecule has 196 valence electrons. The van der Waals surface area contributed by atoms with Crippen molar-refractivity contribution in [3.8, 4) is 17.3 Å². The average molecular weight is 510 g/mol. The zero-order valence-corrected chi connectivity index (χ0v) is 21.7. The fourth-order valence-electron chi connectivity index (χ4n) is 5.32. The number of rotatable bonds is 5. The molecule has 1 aliphatic carbocycles. The zero-order chi connectivity index (χ0) is 27.1. The van der Waals surface area contributed by atoms with Crippen molar-refractivity contribution in [3.05, 3.63) is 41.3 Å². The van der Waals surface area contributed by atoms with Crippen LogP contribution in [0.3, 0.4) is 0 Å². The summed E-state index contributed by atoms with van der Waals surface area (Å²) in [5.41, 5.74) is 1.16. The van der Waals surface area contributed by atoms with E-state index in [1.807, 2.05) is 6.07 Å². The summed E-state index contributed by atoms with van der Waals surface area (Å²) in [7, 11) is 0. The molecule has 4 atom stereocenters. The number of carbonyl (C=O) groups excluding carboxylic acids is 3. The molecule has 2 amide bonds. The van der Waals surface area contributed by atoms with E-state index in [-0.39, 0.29) is 29.9 Å². The Morgan fingerprint density at radius 3 is 2.59 bits per heavy atom. The molecule has 2 aromatic rings. The van der Waals surface area contributed by atoms with E-state index in [1.165, 1.54) is 22.6 Å². The molecule has 37 heavy (non-hydrogen) atoms. The minimum atomic E-state index is -0.980. The van der Waals surface area contributed by atoms with Crippen molar-refractivity contribution < 1.29 is 23.5 Å². The summed E-state index contributed by atoms with van der Waals surface area (Å²) in [5.74, 6) is -1.20. The van der Waals surface area contributed by atoms with Crippen LogP contribution in [-0.2, 0) is 16.0 Å².